The molecule has 0 atom stereocenters. The molecule has 0 spiro atoms. The van der Waals surface area contributed by atoms with Crippen LogP contribution in [0.25, 0.3) is 10.8 Å². The lowest BCUT2D eigenvalue weighted by Crippen LogP contribution is -2.21. The lowest BCUT2D eigenvalue weighted by molar-refractivity contribution is -0.145. The first-order valence-electron chi connectivity index (χ1n) is 8.69. The van der Waals surface area contributed by atoms with Crippen LogP contribution in [0.5, 0.6) is 0 Å². The van der Waals surface area contributed by atoms with Gasteiger partial charge in [0.1, 0.15) is 6.61 Å². The minimum Gasteiger partial charge on any atom is -0.461 e. The van der Waals surface area contributed by atoms with Gasteiger partial charge in [-0.3, -0.25) is 9.78 Å². The average molecular weight is 459 g/mol. The number of rotatable bonds is 6. The molecule has 1 aromatic heterocycles. The van der Waals surface area contributed by atoms with Gasteiger partial charge in [-0.05, 0) is 58.2 Å². The third-order valence-corrected chi connectivity index (χ3v) is 5.31. The van der Waals surface area contributed by atoms with Gasteiger partial charge in [0.15, 0.2) is 0 Å². The van der Waals surface area contributed by atoms with Crippen molar-refractivity contribution in [1.82, 2.24) is 4.98 Å². The summed E-state index contributed by atoms with van der Waals surface area (Å²) in [7, 11) is 0. The van der Waals surface area contributed by atoms with E-state index in [1.807, 2.05) is 42.6 Å². The molecule has 4 heteroatoms. The standard InChI is InChI=1S/C22H22INO2/c1-22(2,20-13-17-5-3-4-6-18(17)14-24-20)12-11-21(25)26-15-16-7-9-19(23)10-8-16/h3-10,13-14H,11-12,15H2,1-2H3. The Morgan fingerprint density at radius 1 is 1.08 bits per heavy atom. The van der Waals surface area contributed by atoms with Crippen LogP contribution in [0.1, 0.15) is 37.9 Å². The van der Waals surface area contributed by atoms with Gasteiger partial charge in [0.2, 0.25) is 0 Å². The molecule has 0 saturated carbocycles. The van der Waals surface area contributed by atoms with Crippen molar-refractivity contribution in [3.63, 3.8) is 0 Å². The zero-order chi connectivity index (χ0) is 18.6. The summed E-state index contributed by atoms with van der Waals surface area (Å²) >= 11 is 2.26. The molecule has 3 nitrogen and oxygen atoms in total. The number of pyridine rings is 1. The highest BCUT2D eigenvalue weighted by Crippen LogP contribution is 2.29. The second-order valence-corrected chi connectivity index (χ2v) is 8.33. The van der Waals surface area contributed by atoms with E-state index < -0.39 is 0 Å². The Kier molecular flexibility index (Phi) is 5.91. The molecular weight excluding hydrogens is 437 g/mol. The van der Waals surface area contributed by atoms with E-state index >= 15 is 0 Å². The number of halogens is 1. The highest BCUT2D eigenvalue weighted by atomic mass is 127. The van der Waals surface area contributed by atoms with Gasteiger partial charge >= 0.3 is 5.97 Å². The molecule has 1 heterocycles. The summed E-state index contributed by atoms with van der Waals surface area (Å²) in [5.74, 6) is -0.169. The molecule has 134 valence electrons. The minimum absolute atomic E-state index is 0.169. The number of carbonyl (C=O) groups excluding carboxylic acids is 1. The van der Waals surface area contributed by atoms with Crippen LogP contribution in [0.3, 0.4) is 0 Å². The van der Waals surface area contributed by atoms with Gasteiger partial charge in [0.25, 0.3) is 0 Å². The largest absolute Gasteiger partial charge is 0.461 e. The smallest absolute Gasteiger partial charge is 0.306 e. The van der Waals surface area contributed by atoms with Crippen LogP contribution in [0, 0.1) is 3.57 Å². The van der Waals surface area contributed by atoms with Crippen LogP contribution < -0.4 is 0 Å². The van der Waals surface area contributed by atoms with Crippen molar-refractivity contribution in [2.24, 2.45) is 0 Å². The predicted octanol–water partition coefficient (Wildman–Crippen LogP) is 5.64. The lowest BCUT2D eigenvalue weighted by atomic mass is 9.83. The van der Waals surface area contributed by atoms with E-state index in [4.69, 9.17) is 4.74 Å². The molecule has 0 amide bonds. The molecule has 26 heavy (non-hydrogen) atoms. The number of esters is 1. The van der Waals surface area contributed by atoms with Crippen LogP contribution in [-0.4, -0.2) is 11.0 Å². The van der Waals surface area contributed by atoms with Gasteiger partial charge in [-0.15, -0.1) is 0 Å². The Morgan fingerprint density at radius 2 is 1.77 bits per heavy atom. The average Bonchev–Trinajstić information content (AvgIpc) is 2.65. The Labute approximate surface area is 167 Å². The molecule has 0 unspecified atom stereocenters. The Hall–Kier alpha value is -1.95. The number of fused-ring (bicyclic) bond motifs is 1. The summed E-state index contributed by atoms with van der Waals surface area (Å²) < 4.78 is 6.58. The van der Waals surface area contributed by atoms with Crippen LogP contribution in [0.2, 0.25) is 0 Å². The SMILES string of the molecule is CC(C)(CCC(=O)OCc1ccc(I)cc1)c1cc2ccccc2cn1. The number of benzene rings is 2. The fourth-order valence-corrected chi connectivity index (χ4v) is 3.17. The van der Waals surface area contributed by atoms with Gasteiger partial charge < -0.3 is 4.74 Å². The highest BCUT2D eigenvalue weighted by Gasteiger charge is 2.24. The van der Waals surface area contributed by atoms with E-state index in [1.165, 1.54) is 8.96 Å². The third-order valence-electron chi connectivity index (χ3n) is 4.59. The Morgan fingerprint density at radius 3 is 2.50 bits per heavy atom. The molecule has 0 N–H and O–H groups in total. The van der Waals surface area contributed by atoms with Crippen LogP contribution >= 0.6 is 22.6 Å². The molecular formula is C22H22INO2. The molecule has 3 aromatic rings. The van der Waals surface area contributed by atoms with Crippen molar-refractivity contribution in [2.75, 3.05) is 0 Å². The number of hydrogen-bond donors (Lipinski definition) is 0. The fourth-order valence-electron chi connectivity index (χ4n) is 2.81. The van der Waals surface area contributed by atoms with Gasteiger partial charge in [0.05, 0.1) is 0 Å². The Bertz CT molecular complexity index is 903. The van der Waals surface area contributed by atoms with Crippen molar-refractivity contribution < 1.29 is 9.53 Å². The normalized spacial score (nSPS) is 11.5. The van der Waals surface area contributed by atoms with E-state index in [9.17, 15) is 4.79 Å². The van der Waals surface area contributed by atoms with Crippen molar-refractivity contribution in [3.05, 3.63) is 75.6 Å². The summed E-state index contributed by atoms with van der Waals surface area (Å²) in [6, 6.07) is 18.3. The van der Waals surface area contributed by atoms with E-state index in [1.54, 1.807) is 0 Å². The summed E-state index contributed by atoms with van der Waals surface area (Å²) in [4.78, 5) is 16.7. The molecule has 0 saturated heterocycles. The zero-order valence-electron chi connectivity index (χ0n) is 15.0. The van der Waals surface area contributed by atoms with Gasteiger partial charge in [0, 0.05) is 32.7 Å². The van der Waals surface area contributed by atoms with E-state index in [2.05, 4.69) is 59.6 Å². The summed E-state index contributed by atoms with van der Waals surface area (Å²) in [6.07, 6.45) is 2.98. The topological polar surface area (TPSA) is 39.2 Å². The second-order valence-electron chi connectivity index (χ2n) is 7.09. The van der Waals surface area contributed by atoms with Crippen molar-refractivity contribution in [1.29, 1.82) is 0 Å². The quantitative estimate of drug-likeness (QED) is 0.354. The van der Waals surface area contributed by atoms with E-state index in [-0.39, 0.29) is 11.4 Å². The number of hydrogen-bond acceptors (Lipinski definition) is 3. The third kappa shape index (κ3) is 4.81. The molecule has 0 bridgehead atoms. The summed E-state index contributed by atoms with van der Waals surface area (Å²) in [6.45, 7) is 4.57. The molecule has 0 radical (unpaired) electrons. The van der Waals surface area contributed by atoms with Crippen molar-refractivity contribution in [3.8, 4) is 0 Å². The van der Waals surface area contributed by atoms with Crippen molar-refractivity contribution in [2.45, 2.75) is 38.7 Å². The summed E-state index contributed by atoms with van der Waals surface area (Å²) in [5, 5.41) is 2.30. The molecule has 0 aliphatic heterocycles. The van der Waals surface area contributed by atoms with Crippen LogP contribution in [0.4, 0.5) is 0 Å². The first kappa shape index (κ1) is 18.8. The molecule has 2 aromatic carbocycles. The Balaban J connectivity index is 1.57. The minimum atomic E-state index is -0.189. The maximum atomic E-state index is 12.1. The molecule has 3 rings (SSSR count). The molecule has 0 fully saturated rings. The number of carbonyl (C=O) groups is 1. The maximum Gasteiger partial charge on any atom is 0.306 e. The monoisotopic (exact) mass is 459 g/mol. The fraction of sp³-hybridized carbons (Fsp3) is 0.273. The van der Waals surface area contributed by atoms with Crippen LogP contribution in [-0.2, 0) is 21.6 Å². The zero-order valence-corrected chi connectivity index (χ0v) is 17.2. The van der Waals surface area contributed by atoms with Gasteiger partial charge in [-0.1, -0.05) is 50.2 Å². The summed E-state index contributed by atoms with van der Waals surface area (Å²) in [5.41, 5.74) is 1.82. The lowest BCUT2D eigenvalue weighted by Gasteiger charge is -2.24. The van der Waals surface area contributed by atoms with Gasteiger partial charge in [-0.2, -0.15) is 0 Å². The maximum absolute atomic E-state index is 12.1. The van der Waals surface area contributed by atoms with Crippen LogP contribution in [0.15, 0.2) is 60.8 Å². The van der Waals surface area contributed by atoms with Gasteiger partial charge in [-0.25, -0.2) is 0 Å². The number of aromatic nitrogens is 1. The first-order chi connectivity index (χ1) is 12.4. The predicted molar refractivity (Wildman–Crippen MR) is 113 cm³/mol. The highest BCUT2D eigenvalue weighted by molar-refractivity contribution is 14.1. The van der Waals surface area contributed by atoms with Crippen molar-refractivity contribution >= 4 is 39.3 Å². The first-order valence-corrected chi connectivity index (χ1v) is 9.77. The molecule has 0 aliphatic rings. The van der Waals surface area contributed by atoms with E-state index in [0.29, 0.717) is 19.4 Å². The second kappa shape index (κ2) is 8.16. The number of ether oxygens (including phenoxy) is 1. The number of nitrogens with zero attached hydrogens (tertiary/aromatic N) is 1. The molecule has 0 aliphatic carbocycles. The van der Waals surface area contributed by atoms with E-state index in [0.717, 1.165) is 16.6 Å².